The Labute approximate surface area is 177 Å². The Hall–Kier alpha value is -3.07. The Morgan fingerprint density at radius 1 is 1.03 bits per heavy atom. The van der Waals surface area contributed by atoms with Crippen LogP contribution in [0.5, 0.6) is 0 Å². The molecule has 2 aliphatic rings. The summed E-state index contributed by atoms with van der Waals surface area (Å²) in [6.07, 6.45) is 1.98. The van der Waals surface area contributed by atoms with E-state index in [1.807, 2.05) is 0 Å². The van der Waals surface area contributed by atoms with Gasteiger partial charge in [0.15, 0.2) is 0 Å². The Kier molecular flexibility index (Phi) is 4.62. The fourth-order valence-corrected chi connectivity index (χ4v) is 5.38. The monoisotopic (exact) mass is 397 g/mol. The van der Waals surface area contributed by atoms with Gasteiger partial charge in [0.05, 0.1) is 5.92 Å². The molecule has 30 heavy (non-hydrogen) atoms. The lowest BCUT2D eigenvalue weighted by Crippen LogP contribution is -2.05. The first-order valence-corrected chi connectivity index (χ1v) is 10.8. The molecule has 0 heterocycles. The average Bonchev–Trinajstić information content (AvgIpc) is 3.48. The molecule has 1 fully saturated rings. The lowest BCUT2D eigenvalue weighted by Gasteiger charge is -2.17. The van der Waals surface area contributed by atoms with Gasteiger partial charge in [-0.3, -0.25) is 4.79 Å². The van der Waals surface area contributed by atoms with Crippen LogP contribution in [0.1, 0.15) is 40.2 Å². The van der Waals surface area contributed by atoms with E-state index in [1.165, 1.54) is 38.9 Å². The first-order chi connectivity index (χ1) is 14.5. The van der Waals surface area contributed by atoms with Crippen LogP contribution >= 0.6 is 0 Å². The maximum atomic E-state index is 11.4. The molecule has 1 saturated carbocycles. The van der Waals surface area contributed by atoms with Gasteiger partial charge >= 0.3 is 5.97 Å². The van der Waals surface area contributed by atoms with Crippen molar-refractivity contribution in [2.24, 2.45) is 11.8 Å². The Morgan fingerprint density at radius 2 is 1.80 bits per heavy atom. The van der Waals surface area contributed by atoms with Crippen molar-refractivity contribution in [1.29, 1.82) is 0 Å². The van der Waals surface area contributed by atoms with Gasteiger partial charge in [-0.2, -0.15) is 0 Å². The molecule has 3 aromatic carbocycles. The van der Waals surface area contributed by atoms with Crippen LogP contribution in [-0.2, 0) is 17.8 Å². The molecule has 3 atom stereocenters. The zero-order valence-electron chi connectivity index (χ0n) is 17.5. The topological polar surface area (TPSA) is 49.3 Å². The number of nitrogens with one attached hydrogen (secondary N) is 1. The van der Waals surface area contributed by atoms with Crippen molar-refractivity contribution in [2.45, 2.75) is 39.2 Å². The van der Waals surface area contributed by atoms with Gasteiger partial charge in [-0.05, 0) is 89.8 Å². The molecule has 5 rings (SSSR count). The van der Waals surface area contributed by atoms with E-state index in [2.05, 4.69) is 79.8 Å². The highest BCUT2D eigenvalue weighted by molar-refractivity contribution is 5.77. The maximum absolute atomic E-state index is 11.4. The molecule has 152 valence electrons. The van der Waals surface area contributed by atoms with Crippen molar-refractivity contribution in [3.63, 3.8) is 0 Å². The van der Waals surface area contributed by atoms with Crippen molar-refractivity contribution in [1.82, 2.24) is 0 Å². The summed E-state index contributed by atoms with van der Waals surface area (Å²) >= 11 is 0. The van der Waals surface area contributed by atoms with Crippen molar-refractivity contribution in [3.8, 4) is 11.1 Å². The number of rotatable bonds is 5. The minimum Gasteiger partial charge on any atom is -0.481 e. The second-order valence-electron chi connectivity index (χ2n) is 8.83. The molecular formula is C27H27NO2. The smallest absolute Gasteiger partial charge is 0.307 e. The number of fused-ring (bicyclic) bond motifs is 3. The van der Waals surface area contributed by atoms with Crippen molar-refractivity contribution >= 4 is 11.7 Å². The number of hydrogen-bond donors (Lipinski definition) is 2. The van der Waals surface area contributed by atoms with Crippen LogP contribution in [0.25, 0.3) is 11.1 Å². The van der Waals surface area contributed by atoms with E-state index in [1.54, 1.807) is 0 Å². The van der Waals surface area contributed by atoms with Crippen molar-refractivity contribution < 1.29 is 9.90 Å². The summed E-state index contributed by atoms with van der Waals surface area (Å²) in [4.78, 5) is 11.4. The fraction of sp³-hybridized carbons (Fsp3) is 0.296. The molecule has 3 heteroatoms. The number of anilines is 1. The van der Waals surface area contributed by atoms with Gasteiger partial charge in [0.25, 0.3) is 0 Å². The highest BCUT2D eigenvalue weighted by Crippen LogP contribution is 2.60. The zero-order chi connectivity index (χ0) is 20.8. The van der Waals surface area contributed by atoms with E-state index >= 15 is 0 Å². The lowest BCUT2D eigenvalue weighted by molar-refractivity contribution is -0.139. The molecule has 0 spiro atoms. The predicted octanol–water partition coefficient (Wildman–Crippen LogP) is 5.94. The highest BCUT2D eigenvalue weighted by Gasteiger charge is 2.57. The van der Waals surface area contributed by atoms with Gasteiger partial charge in [0, 0.05) is 18.2 Å². The molecule has 0 saturated heterocycles. The number of carboxylic acid groups (broad SMARTS) is 1. The van der Waals surface area contributed by atoms with Crippen molar-refractivity contribution in [2.75, 3.05) is 5.32 Å². The normalized spacial score (nSPS) is 21.5. The zero-order valence-corrected chi connectivity index (χ0v) is 17.5. The number of aryl methyl sites for hydroxylation is 3. The summed E-state index contributed by atoms with van der Waals surface area (Å²) in [5.41, 5.74) is 10.1. The van der Waals surface area contributed by atoms with Gasteiger partial charge in [-0.15, -0.1) is 0 Å². The molecule has 0 aromatic heterocycles. The molecule has 0 aliphatic heterocycles. The largest absolute Gasteiger partial charge is 0.481 e. The Morgan fingerprint density at radius 3 is 2.57 bits per heavy atom. The second kappa shape index (κ2) is 7.32. The Bertz CT molecular complexity index is 1110. The molecule has 3 unspecified atom stereocenters. The SMILES string of the molecule is Cc1cccc(C)c1-c1cccc(CNc2ccc3c(c2)CCC2C(C(=O)O)C32)c1. The van der Waals surface area contributed by atoms with Gasteiger partial charge in [0.2, 0.25) is 0 Å². The van der Waals surface area contributed by atoms with E-state index < -0.39 is 5.97 Å². The Balaban J connectivity index is 1.32. The third-order valence-corrected chi connectivity index (χ3v) is 6.90. The minimum atomic E-state index is -0.635. The number of carboxylic acids is 1. The predicted molar refractivity (Wildman–Crippen MR) is 121 cm³/mol. The standard InChI is InChI=1S/C27H27NO2/c1-16-5-3-6-17(2)24(16)20-8-4-7-18(13-20)15-28-21-10-12-22-19(14-21)9-11-23-25(22)26(23)27(29)30/h3-8,10,12-14,23,25-26,28H,9,11,15H2,1-2H3,(H,29,30). The summed E-state index contributed by atoms with van der Waals surface area (Å²) < 4.78 is 0. The number of hydrogen-bond acceptors (Lipinski definition) is 2. The van der Waals surface area contributed by atoms with Crippen LogP contribution in [0.3, 0.4) is 0 Å². The lowest BCUT2D eigenvalue weighted by atomic mass is 9.91. The summed E-state index contributed by atoms with van der Waals surface area (Å²) in [5.74, 6) is -0.225. The van der Waals surface area contributed by atoms with Crippen LogP contribution in [-0.4, -0.2) is 11.1 Å². The van der Waals surface area contributed by atoms with E-state index in [9.17, 15) is 9.90 Å². The van der Waals surface area contributed by atoms with E-state index in [0.29, 0.717) is 5.92 Å². The van der Waals surface area contributed by atoms with E-state index in [0.717, 1.165) is 25.1 Å². The van der Waals surface area contributed by atoms with E-state index in [4.69, 9.17) is 0 Å². The first-order valence-electron chi connectivity index (χ1n) is 10.8. The van der Waals surface area contributed by atoms with Crippen molar-refractivity contribution in [3.05, 3.63) is 88.5 Å². The quantitative estimate of drug-likeness (QED) is 0.560. The van der Waals surface area contributed by atoms with Crippen LogP contribution in [0.4, 0.5) is 5.69 Å². The molecule has 0 radical (unpaired) electrons. The van der Waals surface area contributed by atoms with Gasteiger partial charge in [0.1, 0.15) is 0 Å². The number of aliphatic carboxylic acids is 1. The molecular weight excluding hydrogens is 370 g/mol. The summed E-state index contributed by atoms with van der Waals surface area (Å²) in [6, 6.07) is 21.7. The third kappa shape index (κ3) is 3.28. The van der Waals surface area contributed by atoms with Crippen LogP contribution in [0.2, 0.25) is 0 Å². The van der Waals surface area contributed by atoms with Crippen LogP contribution < -0.4 is 5.32 Å². The maximum Gasteiger partial charge on any atom is 0.307 e. The van der Waals surface area contributed by atoms with Crippen LogP contribution in [0, 0.1) is 25.7 Å². The van der Waals surface area contributed by atoms with Gasteiger partial charge in [-0.25, -0.2) is 0 Å². The van der Waals surface area contributed by atoms with E-state index in [-0.39, 0.29) is 11.8 Å². The second-order valence-corrected chi connectivity index (χ2v) is 8.83. The summed E-state index contributed by atoms with van der Waals surface area (Å²) in [7, 11) is 0. The summed E-state index contributed by atoms with van der Waals surface area (Å²) in [5, 5.41) is 13.0. The highest BCUT2D eigenvalue weighted by atomic mass is 16.4. The first kappa shape index (κ1) is 18.9. The fourth-order valence-electron chi connectivity index (χ4n) is 5.38. The minimum absolute atomic E-state index is 0.169. The molecule has 3 nitrogen and oxygen atoms in total. The van der Waals surface area contributed by atoms with Crippen LogP contribution in [0.15, 0.2) is 60.7 Å². The van der Waals surface area contributed by atoms with Gasteiger partial charge < -0.3 is 10.4 Å². The van der Waals surface area contributed by atoms with Gasteiger partial charge in [-0.1, -0.05) is 42.5 Å². The summed E-state index contributed by atoms with van der Waals surface area (Å²) in [6.45, 7) is 5.10. The molecule has 0 bridgehead atoms. The molecule has 2 N–H and O–H groups in total. The third-order valence-electron chi connectivity index (χ3n) is 6.90. The average molecular weight is 398 g/mol. The molecule has 2 aliphatic carbocycles. The number of carbonyl (C=O) groups is 1. The molecule has 3 aromatic rings. The number of benzene rings is 3. The molecule has 0 amide bonds.